The van der Waals surface area contributed by atoms with Crippen molar-refractivity contribution < 1.29 is 19.1 Å². The van der Waals surface area contributed by atoms with Crippen LogP contribution in [-0.2, 0) is 24.9 Å². The third-order valence-corrected chi connectivity index (χ3v) is 5.01. The first-order valence-electron chi connectivity index (χ1n) is 8.51. The van der Waals surface area contributed by atoms with Crippen LogP contribution in [0.5, 0.6) is 0 Å². The number of thioether (sulfide) groups is 1. The highest BCUT2D eigenvalue weighted by Crippen LogP contribution is 2.28. The summed E-state index contributed by atoms with van der Waals surface area (Å²) in [6, 6.07) is 15.1. The van der Waals surface area contributed by atoms with Crippen LogP contribution in [0.4, 0.5) is 11.4 Å². The molecule has 0 saturated heterocycles. The number of carbonyl (C=O) groups excluding carboxylic acids is 3. The lowest BCUT2D eigenvalue weighted by Crippen LogP contribution is -2.44. The van der Waals surface area contributed by atoms with Crippen LogP contribution in [0.2, 0.25) is 0 Å². The number of para-hydroxylation sites is 2. The Balaban J connectivity index is 1.47. The van der Waals surface area contributed by atoms with Gasteiger partial charge in [-0.25, -0.2) is 0 Å². The monoisotopic (exact) mass is 384 g/mol. The molecule has 2 aromatic rings. The van der Waals surface area contributed by atoms with E-state index in [9.17, 15) is 14.4 Å². The maximum Gasteiger partial charge on any atom is 0.316 e. The zero-order valence-corrected chi connectivity index (χ0v) is 15.8. The van der Waals surface area contributed by atoms with E-state index in [4.69, 9.17) is 4.74 Å². The number of anilines is 2. The molecule has 0 bridgehead atoms. The predicted octanol–water partition coefficient (Wildman–Crippen LogP) is 2.76. The van der Waals surface area contributed by atoms with Gasteiger partial charge in [-0.3, -0.25) is 19.3 Å². The number of nitrogens with zero attached hydrogens (tertiary/aromatic N) is 1. The summed E-state index contributed by atoms with van der Waals surface area (Å²) >= 11 is 1.43. The summed E-state index contributed by atoms with van der Waals surface area (Å²) < 4.78 is 5.08. The van der Waals surface area contributed by atoms with Crippen molar-refractivity contribution in [2.45, 2.75) is 12.7 Å². The first kappa shape index (κ1) is 19.0. The van der Waals surface area contributed by atoms with Gasteiger partial charge in [0, 0.05) is 5.75 Å². The van der Waals surface area contributed by atoms with Gasteiger partial charge >= 0.3 is 5.97 Å². The molecular weight excluding hydrogens is 364 g/mol. The second kappa shape index (κ2) is 8.73. The minimum Gasteiger partial charge on any atom is -0.455 e. The van der Waals surface area contributed by atoms with Crippen LogP contribution in [0.3, 0.4) is 0 Å². The van der Waals surface area contributed by atoms with Gasteiger partial charge < -0.3 is 10.1 Å². The second-order valence-corrected chi connectivity index (χ2v) is 7.17. The van der Waals surface area contributed by atoms with E-state index in [1.54, 1.807) is 24.3 Å². The van der Waals surface area contributed by atoms with Crippen molar-refractivity contribution in [2.75, 3.05) is 29.1 Å². The highest BCUT2D eigenvalue weighted by molar-refractivity contribution is 7.99. The van der Waals surface area contributed by atoms with Crippen molar-refractivity contribution in [1.29, 1.82) is 0 Å². The van der Waals surface area contributed by atoms with Crippen LogP contribution in [0.25, 0.3) is 0 Å². The summed E-state index contributed by atoms with van der Waals surface area (Å²) in [5.41, 5.74) is 3.49. The molecule has 3 rings (SSSR count). The first-order valence-corrected chi connectivity index (χ1v) is 9.66. The highest BCUT2D eigenvalue weighted by atomic mass is 32.2. The Hall–Kier alpha value is -2.80. The van der Waals surface area contributed by atoms with Gasteiger partial charge in [-0.2, -0.15) is 0 Å². The number of hydrogen-bond acceptors (Lipinski definition) is 5. The third-order valence-electron chi connectivity index (χ3n) is 4.04. The van der Waals surface area contributed by atoms with Crippen LogP contribution >= 0.6 is 11.8 Å². The molecule has 1 N–H and O–H groups in total. The van der Waals surface area contributed by atoms with Gasteiger partial charge in [0.15, 0.2) is 6.61 Å². The molecule has 2 amide bonds. The number of carbonyl (C=O) groups is 3. The fourth-order valence-electron chi connectivity index (χ4n) is 2.65. The van der Waals surface area contributed by atoms with Crippen molar-refractivity contribution in [1.82, 2.24) is 0 Å². The molecule has 7 heteroatoms. The van der Waals surface area contributed by atoms with Crippen LogP contribution in [-0.4, -0.2) is 36.7 Å². The van der Waals surface area contributed by atoms with E-state index < -0.39 is 11.9 Å². The molecule has 0 fully saturated rings. The Morgan fingerprint density at radius 2 is 1.89 bits per heavy atom. The number of benzene rings is 2. The van der Waals surface area contributed by atoms with Gasteiger partial charge in [0.25, 0.3) is 5.91 Å². The SMILES string of the molecule is Cc1ccc(CSCC(=O)OCC(=O)N2CC(=O)Nc3ccccc32)cc1. The number of ether oxygens (including phenoxy) is 1. The van der Waals surface area contributed by atoms with E-state index in [-0.39, 0.29) is 24.8 Å². The van der Waals surface area contributed by atoms with Crippen molar-refractivity contribution in [3.63, 3.8) is 0 Å². The van der Waals surface area contributed by atoms with E-state index in [1.807, 2.05) is 31.2 Å². The van der Waals surface area contributed by atoms with Crippen molar-refractivity contribution in [3.05, 3.63) is 59.7 Å². The van der Waals surface area contributed by atoms with E-state index in [1.165, 1.54) is 22.2 Å². The van der Waals surface area contributed by atoms with E-state index in [0.29, 0.717) is 17.1 Å². The van der Waals surface area contributed by atoms with Gasteiger partial charge in [0.05, 0.1) is 17.1 Å². The Labute approximate surface area is 161 Å². The number of nitrogens with one attached hydrogen (secondary N) is 1. The van der Waals surface area contributed by atoms with Crippen LogP contribution < -0.4 is 10.2 Å². The molecule has 0 spiro atoms. The molecule has 0 aliphatic carbocycles. The standard InChI is InChI=1S/C20H20N2O4S/c1-14-6-8-15(9-7-14)12-27-13-20(25)26-11-19(24)22-10-18(23)21-16-4-2-3-5-17(16)22/h2-9H,10-13H2,1H3,(H,21,23). The van der Waals surface area contributed by atoms with Crippen LogP contribution in [0.1, 0.15) is 11.1 Å². The smallest absolute Gasteiger partial charge is 0.316 e. The van der Waals surface area contributed by atoms with Crippen molar-refractivity contribution >= 4 is 40.9 Å². The van der Waals surface area contributed by atoms with Gasteiger partial charge in [-0.15, -0.1) is 11.8 Å². The van der Waals surface area contributed by atoms with Gasteiger partial charge in [-0.1, -0.05) is 42.0 Å². The average Bonchev–Trinajstić information content (AvgIpc) is 2.67. The fourth-order valence-corrected chi connectivity index (χ4v) is 3.43. The van der Waals surface area contributed by atoms with Crippen molar-refractivity contribution in [3.8, 4) is 0 Å². The molecule has 140 valence electrons. The summed E-state index contributed by atoms with van der Waals surface area (Å²) in [5, 5.41) is 2.71. The summed E-state index contributed by atoms with van der Waals surface area (Å²) in [7, 11) is 0. The summed E-state index contributed by atoms with van der Waals surface area (Å²) in [4.78, 5) is 37.4. The summed E-state index contributed by atoms with van der Waals surface area (Å²) in [6.45, 7) is 1.55. The van der Waals surface area contributed by atoms with Crippen molar-refractivity contribution in [2.24, 2.45) is 0 Å². The zero-order chi connectivity index (χ0) is 19.2. The molecule has 0 atom stereocenters. The van der Waals surface area contributed by atoms with E-state index >= 15 is 0 Å². The fraction of sp³-hybridized carbons (Fsp3) is 0.250. The molecule has 27 heavy (non-hydrogen) atoms. The topological polar surface area (TPSA) is 75.7 Å². The minimum absolute atomic E-state index is 0.0877. The number of hydrogen-bond donors (Lipinski definition) is 1. The number of fused-ring (bicyclic) bond motifs is 1. The van der Waals surface area contributed by atoms with Gasteiger partial charge in [-0.05, 0) is 24.6 Å². The van der Waals surface area contributed by atoms with E-state index in [2.05, 4.69) is 5.32 Å². The second-order valence-electron chi connectivity index (χ2n) is 6.18. The molecule has 0 radical (unpaired) electrons. The molecule has 1 aliphatic rings. The lowest BCUT2D eigenvalue weighted by molar-refractivity contribution is -0.145. The predicted molar refractivity (Wildman–Crippen MR) is 106 cm³/mol. The molecular formula is C20H20N2O4S. The number of aryl methyl sites for hydroxylation is 1. The van der Waals surface area contributed by atoms with Gasteiger partial charge in [0.2, 0.25) is 5.91 Å². The lowest BCUT2D eigenvalue weighted by Gasteiger charge is -2.28. The highest BCUT2D eigenvalue weighted by Gasteiger charge is 2.27. The molecule has 0 saturated carbocycles. The quantitative estimate of drug-likeness (QED) is 0.775. The van der Waals surface area contributed by atoms with Crippen LogP contribution in [0.15, 0.2) is 48.5 Å². The Kier molecular flexibility index (Phi) is 6.13. The number of rotatable bonds is 6. The maximum absolute atomic E-state index is 12.4. The maximum atomic E-state index is 12.4. The normalized spacial score (nSPS) is 12.9. The summed E-state index contributed by atoms with van der Waals surface area (Å²) in [5.74, 6) is -0.285. The first-order chi connectivity index (χ1) is 13.0. The minimum atomic E-state index is -0.449. The Morgan fingerprint density at radius 1 is 1.15 bits per heavy atom. The Morgan fingerprint density at radius 3 is 2.67 bits per heavy atom. The molecule has 0 unspecified atom stereocenters. The molecule has 6 nitrogen and oxygen atoms in total. The Bertz CT molecular complexity index is 851. The molecule has 1 heterocycles. The lowest BCUT2D eigenvalue weighted by atomic mass is 10.2. The largest absolute Gasteiger partial charge is 0.455 e. The molecule has 1 aliphatic heterocycles. The van der Waals surface area contributed by atoms with E-state index in [0.717, 1.165) is 5.56 Å². The van der Waals surface area contributed by atoms with Gasteiger partial charge in [0.1, 0.15) is 6.54 Å². The summed E-state index contributed by atoms with van der Waals surface area (Å²) in [6.07, 6.45) is 0. The molecule has 0 aromatic heterocycles. The zero-order valence-electron chi connectivity index (χ0n) is 14.9. The third kappa shape index (κ3) is 5.10. The number of amides is 2. The number of esters is 1. The molecule has 2 aromatic carbocycles. The average molecular weight is 384 g/mol. The van der Waals surface area contributed by atoms with Crippen LogP contribution in [0, 0.1) is 6.92 Å².